The van der Waals surface area contributed by atoms with Gasteiger partial charge in [0.15, 0.2) is 17.3 Å². The zero-order chi connectivity index (χ0) is 16.5. The third-order valence-electron chi connectivity index (χ3n) is 4.08. The smallest absolute Gasteiger partial charge is 0.239 e. The summed E-state index contributed by atoms with van der Waals surface area (Å²) in [6, 6.07) is 0. The van der Waals surface area contributed by atoms with Crippen LogP contribution in [0.1, 0.15) is 18.1 Å². The van der Waals surface area contributed by atoms with Crippen LogP contribution in [-0.4, -0.2) is 54.2 Å². The van der Waals surface area contributed by atoms with Crippen molar-refractivity contribution < 1.29 is 4.79 Å². The van der Waals surface area contributed by atoms with Crippen LogP contribution in [0.15, 0.2) is 12.7 Å². The molecule has 0 spiro atoms. The Labute approximate surface area is 137 Å². The first-order valence-electron chi connectivity index (χ1n) is 7.75. The number of nitrogens with one attached hydrogen (secondary N) is 2. The van der Waals surface area contributed by atoms with Crippen molar-refractivity contribution in [1.82, 2.24) is 40.0 Å². The molecule has 0 radical (unpaired) electrons. The van der Waals surface area contributed by atoms with Gasteiger partial charge in [-0.25, -0.2) is 15.0 Å². The Bertz CT molecular complexity index is 883. The van der Waals surface area contributed by atoms with Gasteiger partial charge in [0.25, 0.3) is 0 Å². The third kappa shape index (κ3) is 2.55. The van der Waals surface area contributed by atoms with Crippen molar-refractivity contribution in [2.75, 3.05) is 18.5 Å². The predicted octanol–water partition coefficient (Wildman–Crippen LogP) is -0.357. The van der Waals surface area contributed by atoms with Crippen LogP contribution in [0.3, 0.4) is 0 Å². The van der Waals surface area contributed by atoms with Crippen LogP contribution in [-0.2, 0) is 24.3 Å². The summed E-state index contributed by atoms with van der Waals surface area (Å²) in [6.07, 6.45) is 5.04. The topological polar surface area (TPSA) is 118 Å². The highest BCUT2D eigenvalue weighted by Crippen LogP contribution is 2.18. The van der Waals surface area contributed by atoms with E-state index in [1.165, 1.54) is 6.33 Å². The van der Waals surface area contributed by atoms with Crippen LogP contribution in [0.2, 0.25) is 0 Å². The molecular weight excluding hydrogens is 310 g/mol. The van der Waals surface area contributed by atoms with Crippen molar-refractivity contribution in [1.29, 1.82) is 0 Å². The van der Waals surface area contributed by atoms with Gasteiger partial charge in [-0.2, -0.15) is 0 Å². The number of H-pyrrole nitrogens is 1. The fourth-order valence-corrected chi connectivity index (χ4v) is 2.91. The molecule has 0 saturated heterocycles. The van der Waals surface area contributed by atoms with E-state index >= 15 is 0 Å². The van der Waals surface area contributed by atoms with Crippen LogP contribution in [0, 0.1) is 0 Å². The van der Waals surface area contributed by atoms with E-state index in [2.05, 4.69) is 40.0 Å². The van der Waals surface area contributed by atoms with Crippen LogP contribution in [0.5, 0.6) is 0 Å². The van der Waals surface area contributed by atoms with Gasteiger partial charge in [0.2, 0.25) is 5.91 Å². The maximum Gasteiger partial charge on any atom is 0.239 e. The lowest BCUT2D eigenvalue weighted by molar-refractivity contribution is -0.119. The Morgan fingerprint density at radius 1 is 1.38 bits per heavy atom. The van der Waals surface area contributed by atoms with Crippen molar-refractivity contribution >= 4 is 22.9 Å². The van der Waals surface area contributed by atoms with Gasteiger partial charge in [-0.15, -0.1) is 10.2 Å². The first-order chi connectivity index (χ1) is 11.7. The number of carbonyl (C=O) groups excluding carboxylic acids is 1. The van der Waals surface area contributed by atoms with Gasteiger partial charge in [-0.3, -0.25) is 4.79 Å². The van der Waals surface area contributed by atoms with E-state index in [0.29, 0.717) is 23.5 Å². The van der Waals surface area contributed by atoms with Crippen LogP contribution in [0.25, 0.3) is 11.2 Å². The predicted molar refractivity (Wildman–Crippen MR) is 85.1 cm³/mol. The van der Waals surface area contributed by atoms with E-state index in [-0.39, 0.29) is 12.5 Å². The van der Waals surface area contributed by atoms with Gasteiger partial charge >= 0.3 is 0 Å². The fraction of sp³-hybridized carbons (Fsp3) is 0.429. The van der Waals surface area contributed by atoms with Crippen LogP contribution >= 0.6 is 0 Å². The number of aromatic amines is 1. The average molecular weight is 327 g/mol. The molecule has 4 rings (SSSR count). The summed E-state index contributed by atoms with van der Waals surface area (Å²) in [4.78, 5) is 29.4. The van der Waals surface area contributed by atoms with E-state index in [9.17, 15) is 4.79 Å². The highest BCUT2D eigenvalue weighted by molar-refractivity contribution is 5.86. The maximum atomic E-state index is 12.2. The monoisotopic (exact) mass is 327 g/mol. The van der Waals surface area contributed by atoms with Crippen molar-refractivity contribution in [3.8, 4) is 0 Å². The molecule has 0 bridgehead atoms. The van der Waals surface area contributed by atoms with Crippen molar-refractivity contribution in [2.24, 2.45) is 0 Å². The molecule has 1 amide bonds. The molecule has 0 unspecified atom stereocenters. The minimum atomic E-state index is -0.112. The molecule has 4 heterocycles. The zero-order valence-corrected chi connectivity index (χ0v) is 13.2. The second kappa shape index (κ2) is 5.87. The molecule has 24 heavy (non-hydrogen) atoms. The second-order valence-corrected chi connectivity index (χ2v) is 5.72. The number of amides is 1. The van der Waals surface area contributed by atoms with E-state index in [0.717, 1.165) is 31.0 Å². The lowest BCUT2D eigenvalue weighted by Gasteiger charge is -2.17. The second-order valence-electron chi connectivity index (χ2n) is 5.72. The molecule has 124 valence electrons. The number of aromatic nitrogens is 7. The van der Waals surface area contributed by atoms with Crippen molar-refractivity contribution in [3.05, 3.63) is 24.3 Å². The van der Waals surface area contributed by atoms with Gasteiger partial charge in [-0.05, 0) is 6.42 Å². The Morgan fingerprint density at radius 2 is 2.29 bits per heavy atom. The van der Waals surface area contributed by atoms with Crippen LogP contribution in [0.4, 0.5) is 5.82 Å². The molecule has 1 aliphatic heterocycles. The van der Waals surface area contributed by atoms with Gasteiger partial charge in [-0.1, -0.05) is 0 Å². The molecule has 0 fully saturated rings. The van der Waals surface area contributed by atoms with Gasteiger partial charge < -0.3 is 19.8 Å². The number of carbonyl (C=O) groups is 1. The summed E-state index contributed by atoms with van der Waals surface area (Å²) in [5.74, 6) is 2.32. The highest BCUT2D eigenvalue weighted by atomic mass is 16.2. The van der Waals surface area contributed by atoms with Crippen LogP contribution < -0.4 is 10.2 Å². The molecule has 3 aromatic rings. The number of rotatable bonds is 5. The standard InChI is InChI=1S/C14H17N9O/c1-22(14-12-13(17-7-16-12)18-8-19-14)6-11(24)15-5-10-21-20-9-3-2-4-23(9)10/h7-8H,2-6H2,1H3,(H,15,24)(H,16,17,18,19). The molecule has 10 heteroatoms. The highest BCUT2D eigenvalue weighted by Gasteiger charge is 2.18. The van der Waals surface area contributed by atoms with Crippen molar-refractivity contribution in [3.63, 3.8) is 0 Å². The quantitative estimate of drug-likeness (QED) is 0.657. The van der Waals surface area contributed by atoms with E-state index in [4.69, 9.17) is 0 Å². The van der Waals surface area contributed by atoms with Gasteiger partial charge in [0.05, 0.1) is 19.4 Å². The summed E-state index contributed by atoms with van der Waals surface area (Å²) >= 11 is 0. The molecule has 10 nitrogen and oxygen atoms in total. The first-order valence-corrected chi connectivity index (χ1v) is 7.75. The Balaban J connectivity index is 1.39. The number of likely N-dealkylation sites (N-methyl/N-ethyl adjacent to an activating group) is 1. The molecular formula is C14H17N9O. The first kappa shape index (κ1) is 14.5. The molecule has 0 aromatic carbocycles. The number of nitrogens with zero attached hydrogens (tertiary/aromatic N) is 7. The summed E-state index contributed by atoms with van der Waals surface area (Å²) in [6.45, 7) is 1.47. The van der Waals surface area contributed by atoms with E-state index < -0.39 is 0 Å². The number of hydrogen-bond acceptors (Lipinski definition) is 7. The lowest BCUT2D eigenvalue weighted by atomic mass is 10.4. The number of hydrogen-bond donors (Lipinski definition) is 2. The zero-order valence-electron chi connectivity index (χ0n) is 13.2. The third-order valence-corrected chi connectivity index (χ3v) is 4.08. The number of aryl methyl sites for hydroxylation is 1. The minimum absolute atomic E-state index is 0.112. The Hall–Kier alpha value is -3.04. The van der Waals surface area contributed by atoms with E-state index in [1.54, 1.807) is 18.3 Å². The fourth-order valence-electron chi connectivity index (χ4n) is 2.91. The van der Waals surface area contributed by atoms with Gasteiger partial charge in [0, 0.05) is 20.0 Å². The molecule has 3 aromatic heterocycles. The molecule has 0 aliphatic carbocycles. The minimum Gasteiger partial charge on any atom is -0.348 e. The molecule has 0 saturated carbocycles. The summed E-state index contributed by atoms with van der Waals surface area (Å²) in [5.41, 5.74) is 1.29. The molecule has 0 atom stereocenters. The largest absolute Gasteiger partial charge is 0.348 e. The molecule has 1 aliphatic rings. The summed E-state index contributed by atoms with van der Waals surface area (Å²) in [7, 11) is 1.80. The maximum absolute atomic E-state index is 12.2. The number of imidazole rings is 1. The average Bonchev–Trinajstić information content (AvgIpc) is 3.29. The van der Waals surface area contributed by atoms with E-state index in [1.807, 2.05) is 0 Å². The number of fused-ring (bicyclic) bond motifs is 2. The van der Waals surface area contributed by atoms with Gasteiger partial charge in [0.1, 0.15) is 17.7 Å². The Morgan fingerprint density at radius 3 is 3.21 bits per heavy atom. The summed E-state index contributed by atoms with van der Waals surface area (Å²) in [5, 5.41) is 11.2. The Kier molecular flexibility index (Phi) is 3.56. The van der Waals surface area contributed by atoms with Crippen molar-refractivity contribution in [2.45, 2.75) is 25.9 Å². The SMILES string of the molecule is CN(CC(=O)NCc1nnc2n1CCC2)c1ncnc2nc[nH]c12. The number of anilines is 1. The normalized spacial score (nSPS) is 13.2. The summed E-state index contributed by atoms with van der Waals surface area (Å²) < 4.78 is 2.07. The lowest BCUT2D eigenvalue weighted by Crippen LogP contribution is -2.35. The molecule has 2 N–H and O–H groups in total.